The molecule has 0 aromatic carbocycles. The standard InChI is InChI=1S/C13H18N4OS/c1-8-9(2)19-13(11(8)4-14)16-12(18)7-17(3)10-5-15-6-10/h10,15H,5-7H2,1-3H3,(H,16,18). The van der Waals surface area contributed by atoms with Crippen LogP contribution in [-0.2, 0) is 4.79 Å². The number of hydrogen-bond acceptors (Lipinski definition) is 5. The number of amides is 1. The zero-order valence-corrected chi connectivity index (χ0v) is 12.2. The first-order valence-corrected chi connectivity index (χ1v) is 7.05. The van der Waals surface area contributed by atoms with Gasteiger partial charge in [-0.05, 0) is 26.5 Å². The molecule has 6 heteroatoms. The normalized spacial score (nSPS) is 15.1. The topological polar surface area (TPSA) is 68.2 Å². The van der Waals surface area contributed by atoms with E-state index in [4.69, 9.17) is 5.26 Å². The fraction of sp³-hybridized carbons (Fsp3) is 0.538. The number of nitrogens with zero attached hydrogens (tertiary/aromatic N) is 2. The minimum atomic E-state index is -0.0628. The molecule has 2 rings (SSSR count). The van der Waals surface area contributed by atoms with Crippen molar-refractivity contribution in [3.63, 3.8) is 0 Å². The van der Waals surface area contributed by atoms with Crippen molar-refractivity contribution in [2.75, 3.05) is 32.0 Å². The van der Waals surface area contributed by atoms with Crippen LogP contribution in [-0.4, -0.2) is 43.5 Å². The van der Waals surface area contributed by atoms with Crippen molar-refractivity contribution in [1.29, 1.82) is 5.26 Å². The third-order valence-corrected chi connectivity index (χ3v) is 4.65. The molecule has 19 heavy (non-hydrogen) atoms. The third kappa shape index (κ3) is 2.95. The zero-order valence-electron chi connectivity index (χ0n) is 11.4. The molecule has 102 valence electrons. The molecule has 0 saturated carbocycles. The summed E-state index contributed by atoms with van der Waals surface area (Å²) >= 11 is 1.46. The SMILES string of the molecule is Cc1sc(NC(=O)CN(C)C2CNC2)c(C#N)c1C. The molecule has 1 aliphatic heterocycles. The number of hydrogen-bond donors (Lipinski definition) is 2. The average molecular weight is 278 g/mol. The van der Waals surface area contributed by atoms with Gasteiger partial charge in [0.15, 0.2) is 0 Å². The largest absolute Gasteiger partial charge is 0.315 e. The van der Waals surface area contributed by atoms with Gasteiger partial charge in [0.1, 0.15) is 11.1 Å². The predicted molar refractivity (Wildman–Crippen MR) is 76.4 cm³/mol. The molecule has 2 N–H and O–H groups in total. The van der Waals surface area contributed by atoms with Crippen LogP contribution in [0.5, 0.6) is 0 Å². The Morgan fingerprint density at radius 1 is 1.58 bits per heavy atom. The van der Waals surface area contributed by atoms with Crippen molar-refractivity contribution in [3.05, 3.63) is 16.0 Å². The summed E-state index contributed by atoms with van der Waals surface area (Å²) in [6.45, 7) is 6.09. The summed E-state index contributed by atoms with van der Waals surface area (Å²) in [7, 11) is 1.95. The molecule has 0 unspecified atom stereocenters. The second-order valence-electron chi connectivity index (χ2n) is 4.87. The molecule has 0 spiro atoms. The van der Waals surface area contributed by atoms with Gasteiger partial charge in [0.05, 0.1) is 12.1 Å². The van der Waals surface area contributed by atoms with Crippen molar-refractivity contribution in [2.45, 2.75) is 19.9 Å². The van der Waals surface area contributed by atoms with Crippen molar-refractivity contribution in [3.8, 4) is 6.07 Å². The zero-order chi connectivity index (χ0) is 14.0. The lowest BCUT2D eigenvalue weighted by atomic mass is 10.1. The van der Waals surface area contributed by atoms with Gasteiger partial charge in [0, 0.05) is 24.0 Å². The Bertz CT molecular complexity index is 527. The fourth-order valence-electron chi connectivity index (χ4n) is 1.96. The molecule has 0 atom stereocenters. The lowest BCUT2D eigenvalue weighted by Gasteiger charge is -2.35. The van der Waals surface area contributed by atoms with E-state index in [0.29, 0.717) is 23.2 Å². The minimum Gasteiger partial charge on any atom is -0.315 e. The van der Waals surface area contributed by atoms with Gasteiger partial charge in [-0.3, -0.25) is 9.69 Å². The van der Waals surface area contributed by atoms with Crippen molar-refractivity contribution in [1.82, 2.24) is 10.2 Å². The van der Waals surface area contributed by atoms with Gasteiger partial charge >= 0.3 is 0 Å². The summed E-state index contributed by atoms with van der Waals surface area (Å²) in [6.07, 6.45) is 0. The number of nitrogens with one attached hydrogen (secondary N) is 2. The number of carbonyl (C=O) groups is 1. The maximum absolute atomic E-state index is 12.0. The quantitative estimate of drug-likeness (QED) is 0.865. The number of anilines is 1. The highest BCUT2D eigenvalue weighted by Crippen LogP contribution is 2.31. The first kappa shape index (κ1) is 14.0. The molecule has 1 saturated heterocycles. The molecule has 0 radical (unpaired) electrons. The Morgan fingerprint density at radius 3 is 2.79 bits per heavy atom. The second kappa shape index (κ2) is 5.70. The van der Waals surface area contributed by atoms with Crippen LogP contribution in [0.25, 0.3) is 0 Å². The first-order chi connectivity index (χ1) is 9.02. The van der Waals surface area contributed by atoms with Crippen molar-refractivity contribution >= 4 is 22.2 Å². The van der Waals surface area contributed by atoms with E-state index < -0.39 is 0 Å². The number of aryl methyl sites for hydroxylation is 1. The van der Waals surface area contributed by atoms with E-state index in [0.717, 1.165) is 23.5 Å². The number of carbonyl (C=O) groups excluding carboxylic acids is 1. The Balaban J connectivity index is 1.99. The van der Waals surface area contributed by atoms with Crippen LogP contribution in [0.1, 0.15) is 16.0 Å². The van der Waals surface area contributed by atoms with Crippen LogP contribution in [0.2, 0.25) is 0 Å². The molecule has 5 nitrogen and oxygen atoms in total. The summed E-state index contributed by atoms with van der Waals surface area (Å²) in [5, 5.41) is 15.8. The molecule has 1 fully saturated rings. The summed E-state index contributed by atoms with van der Waals surface area (Å²) < 4.78 is 0. The Kier molecular flexibility index (Phi) is 4.20. The van der Waals surface area contributed by atoms with Gasteiger partial charge in [-0.25, -0.2) is 0 Å². The van der Waals surface area contributed by atoms with Gasteiger partial charge in [0.2, 0.25) is 5.91 Å². The molecule has 1 amide bonds. The lowest BCUT2D eigenvalue weighted by Crippen LogP contribution is -2.57. The van der Waals surface area contributed by atoms with Gasteiger partial charge in [-0.1, -0.05) is 0 Å². The highest BCUT2D eigenvalue weighted by molar-refractivity contribution is 7.16. The lowest BCUT2D eigenvalue weighted by molar-refractivity contribution is -0.117. The fourth-order valence-corrected chi connectivity index (χ4v) is 2.98. The van der Waals surface area contributed by atoms with E-state index in [1.54, 1.807) is 0 Å². The molecule has 1 aromatic rings. The van der Waals surface area contributed by atoms with Crippen molar-refractivity contribution in [2.24, 2.45) is 0 Å². The van der Waals surface area contributed by atoms with Gasteiger partial charge in [-0.15, -0.1) is 11.3 Å². The molecular weight excluding hydrogens is 260 g/mol. The Labute approximate surface area is 117 Å². The maximum atomic E-state index is 12.0. The van der Waals surface area contributed by atoms with E-state index in [1.807, 2.05) is 25.8 Å². The van der Waals surface area contributed by atoms with E-state index in [9.17, 15) is 4.79 Å². The molecule has 1 aliphatic rings. The van der Waals surface area contributed by atoms with E-state index >= 15 is 0 Å². The molecule has 1 aromatic heterocycles. The third-order valence-electron chi connectivity index (χ3n) is 3.53. The number of nitriles is 1. The summed E-state index contributed by atoms with van der Waals surface area (Å²) in [5.74, 6) is -0.0628. The van der Waals surface area contributed by atoms with Crippen LogP contribution in [0.3, 0.4) is 0 Å². The van der Waals surface area contributed by atoms with Gasteiger partial charge in [0.25, 0.3) is 0 Å². The summed E-state index contributed by atoms with van der Waals surface area (Å²) in [6, 6.07) is 2.60. The second-order valence-corrected chi connectivity index (χ2v) is 6.10. The highest BCUT2D eigenvalue weighted by Gasteiger charge is 2.23. The Morgan fingerprint density at radius 2 is 2.26 bits per heavy atom. The van der Waals surface area contributed by atoms with Crippen LogP contribution in [0.15, 0.2) is 0 Å². The number of rotatable bonds is 4. The van der Waals surface area contributed by atoms with E-state index in [-0.39, 0.29) is 5.91 Å². The van der Waals surface area contributed by atoms with Crippen LogP contribution in [0.4, 0.5) is 5.00 Å². The summed E-state index contributed by atoms with van der Waals surface area (Å²) in [5.41, 5.74) is 1.54. The number of thiophene rings is 1. The molecular formula is C13H18N4OS. The molecule has 0 aliphatic carbocycles. The smallest absolute Gasteiger partial charge is 0.239 e. The van der Waals surface area contributed by atoms with Crippen LogP contribution < -0.4 is 10.6 Å². The summed E-state index contributed by atoms with van der Waals surface area (Å²) in [4.78, 5) is 15.1. The van der Waals surface area contributed by atoms with E-state index in [2.05, 4.69) is 16.7 Å². The highest BCUT2D eigenvalue weighted by atomic mass is 32.1. The Hall–Kier alpha value is -1.42. The molecule has 2 heterocycles. The minimum absolute atomic E-state index is 0.0628. The van der Waals surface area contributed by atoms with Gasteiger partial charge in [-0.2, -0.15) is 5.26 Å². The van der Waals surface area contributed by atoms with Crippen LogP contribution in [0, 0.1) is 25.2 Å². The van der Waals surface area contributed by atoms with Gasteiger partial charge < -0.3 is 10.6 Å². The van der Waals surface area contributed by atoms with Crippen LogP contribution >= 0.6 is 11.3 Å². The molecule has 0 bridgehead atoms. The predicted octanol–water partition coefficient (Wildman–Crippen LogP) is 1.08. The van der Waals surface area contributed by atoms with Crippen molar-refractivity contribution < 1.29 is 4.79 Å². The monoisotopic (exact) mass is 278 g/mol. The average Bonchev–Trinajstić information content (AvgIpc) is 2.51. The maximum Gasteiger partial charge on any atom is 0.239 e. The number of likely N-dealkylation sites (N-methyl/N-ethyl adjacent to an activating group) is 1. The van der Waals surface area contributed by atoms with E-state index in [1.165, 1.54) is 11.3 Å². The first-order valence-electron chi connectivity index (χ1n) is 6.23.